The maximum absolute atomic E-state index is 8.85. The third-order valence-corrected chi connectivity index (χ3v) is 2.27. The van der Waals surface area contributed by atoms with E-state index in [0.717, 1.165) is 16.9 Å². The highest BCUT2D eigenvalue weighted by atomic mass is 16.5. The summed E-state index contributed by atoms with van der Waals surface area (Å²) in [5, 5.41) is 16.5. The minimum absolute atomic E-state index is 0.114. The van der Waals surface area contributed by atoms with E-state index in [2.05, 4.69) is 16.3 Å². The molecule has 0 atom stereocenters. The first-order valence-corrected chi connectivity index (χ1v) is 5.37. The average Bonchev–Trinajstić information content (AvgIpc) is 2.28. The van der Waals surface area contributed by atoms with Crippen molar-refractivity contribution in [3.05, 3.63) is 47.2 Å². The Kier molecular flexibility index (Phi) is 3.35. The second-order valence-corrected chi connectivity index (χ2v) is 3.95. The van der Waals surface area contributed by atoms with Crippen molar-refractivity contribution in [3.63, 3.8) is 0 Å². The lowest BCUT2D eigenvalue weighted by Crippen LogP contribution is -1.95. The van der Waals surface area contributed by atoms with Crippen molar-refractivity contribution in [2.45, 2.75) is 20.5 Å². The molecule has 0 amide bonds. The summed E-state index contributed by atoms with van der Waals surface area (Å²) in [5.74, 6) is 1.17. The molecular weight excluding hydrogens is 216 g/mol. The first kappa shape index (κ1) is 11.5. The van der Waals surface area contributed by atoms with Crippen LogP contribution in [0.5, 0.6) is 11.6 Å². The van der Waals surface area contributed by atoms with Crippen LogP contribution in [0.25, 0.3) is 0 Å². The normalized spacial score (nSPS) is 10.3. The Morgan fingerprint density at radius 1 is 1.06 bits per heavy atom. The number of aryl methyl sites for hydroxylation is 2. The third-order valence-electron chi connectivity index (χ3n) is 2.27. The summed E-state index contributed by atoms with van der Waals surface area (Å²) in [6.07, 6.45) is 0. The lowest BCUT2D eigenvalue weighted by Gasteiger charge is -2.06. The van der Waals surface area contributed by atoms with Gasteiger partial charge in [0.1, 0.15) is 5.75 Å². The first-order chi connectivity index (χ1) is 8.17. The molecule has 2 aromatic rings. The van der Waals surface area contributed by atoms with E-state index in [1.54, 1.807) is 12.1 Å². The molecule has 1 heterocycles. The lowest BCUT2D eigenvalue weighted by atomic mass is 10.1. The van der Waals surface area contributed by atoms with E-state index in [9.17, 15) is 0 Å². The van der Waals surface area contributed by atoms with E-state index < -0.39 is 0 Å². The summed E-state index contributed by atoms with van der Waals surface area (Å²) in [7, 11) is 0. The highest BCUT2D eigenvalue weighted by Crippen LogP contribution is 2.21. The van der Waals surface area contributed by atoms with Crippen molar-refractivity contribution in [1.82, 2.24) is 10.2 Å². The van der Waals surface area contributed by atoms with Gasteiger partial charge in [-0.25, -0.2) is 0 Å². The van der Waals surface area contributed by atoms with Gasteiger partial charge in [0.15, 0.2) is 0 Å². The molecule has 2 rings (SSSR count). The number of nitrogens with zero attached hydrogens (tertiary/aromatic N) is 2. The molecule has 1 aromatic heterocycles. The summed E-state index contributed by atoms with van der Waals surface area (Å²) < 4.78 is 5.58. The van der Waals surface area contributed by atoms with Crippen LogP contribution in [0.1, 0.15) is 16.8 Å². The van der Waals surface area contributed by atoms with Crippen molar-refractivity contribution in [2.24, 2.45) is 0 Å². The van der Waals surface area contributed by atoms with Gasteiger partial charge in [0, 0.05) is 6.07 Å². The van der Waals surface area contributed by atoms with Gasteiger partial charge in [-0.1, -0.05) is 6.07 Å². The molecule has 0 saturated carbocycles. The summed E-state index contributed by atoms with van der Waals surface area (Å²) in [4.78, 5) is 0. The molecule has 17 heavy (non-hydrogen) atoms. The zero-order chi connectivity index (χ0) is 12.3. The van der Waals surface area contributed by atoms with Gasteiger partial charge in [0.05, 0.1) is 12.3 Å². The second-order valence-electron chi connectivity index (χ2n) is 3.95. The van der Waals surface area contributed by atoms with Gasteiger partial charge in [-0.2, -0.15) is 0 Å². The van der Waals surface area contributed by atoms with Crippen molar-refractivity contribution in [1.29, 1.82) is 0 Å². The van der Waals surface area contributed by atoms with Crippen LogP contribution in [0.2, 0.25) is 0 Å². The standard InChI is InChI=1S/C13H14N2O2/c1-9-5-10(2)7-12(6-9)17-13-4-3-11(8-16)14-15-13/h3-7,16H,8H2,1-2H3. The Balaban J connectivity index is 2.19. The summed E-state index contributed by atoms with van der Waals surface area (Å²) in [5.41, 5.74) is 2.80. The maximum atomic E-state index is 8.85. The third kappa shape index (κ3) is 3.01. The molecule has 0 spiro atoms. The molecule has 0 aliphatic rings. The molecule has 0 radical (unpaired) electrons. The Hall–Kier alpha value is -1.94. The number of aromatic nitrogens is 2. The average molecular weight is 230 g/mol. The SMILES string of the molecule is Cc1cc(C)cc(Oc2ccc(CO)nn2)c1. The van der Waals surface area contributed by atoms with Crippen molar-refractivity contribution in [2.75, 3.05) is 0 Å². The molecule has 4 heteroatoms. The summed E-state index contributed by atoms with van der Waals surface area (Å²) in [6.45, 7) is 3.91. The van der Waals surface area contributed by atoms with Crippen LogP contribution in [0, 0.1) is 13.8 Å². The molecule has 88 valence electrons. The van der Waals surface area contributed by atoms with Crippen molar-refractivity contribution in [3.8, 4) is 11.6 Å². The van der Waals surface area contributed by atoms with Gasteiger partial charge in [-0.05, 0) is 43.2 Å². The Morgan fingerprint density at radius 2 is 1.76 bits per heavy atom. The largest absolute Gasteiger partial charge is 0.438 e. The fraction of sp³-hybridized carbons (Fsp3) is 0.231. The lowest BCUT2D eigenvalue weighted by molar-refractivity contribution is 0.274. The predicted octanol–water partition coefficient (Wildman–Crippen LogP) is 2.38. The van der Waals surface area contributed by atoms with Crippen LogP contribution in [0.3, 0.4) is 0 Å². The Labute approximate surface area is 99.9 Å². The van der Waals surface area contributed by atoms with Gasteiger partial charge >= 0.3 is 0 Å². The predicted molar refractivity (Wildman–Crippen MR) is 63.9 cm³/mol. The van der Waals surface area contributed by atoms with E-state index in [1.807, 2.05) is 26.0 Å². The van der Waals surface area contributed by atoms with E-state index in [0.29, 0.717) is 11.6 Å². The van der Waals surface area contributed by atoms with E-state index in [-0.39, 0.29) is 6.61 Å². The number of aliphatic hydroxyl groups excluding tert-OH is 1. The first-order valence-electron chi connectivity index (χ1n) is 5.37. The van der Waals surface area contributed by atoms with E-state index in [1.165, 1.54) is 0 Å². The van der Waals surface area contributed by atoms with Crippen molar-refractivity contribution >= 4 is 0 Å². The number of hydrogen-bond donors (Lipinski definition) is 1. The number of aliphatic hydroxyl groups is 1. The van der Waals surface area contributed by atoms with Crippen LogP contribution >= 0.6 is 0 Å². The summed E-state index contributed by atoms with van der Waals surface area (Å²) >= 11 is 0. The minimum atomic E-state index is -0.114. The van der Waals surface area contributed by atoms with E-state index >= 15 is 0 Å². The van der Waals surface area contributed by atoms with Crippen LogP contribution in [0.15, 0.2) is 30.3 Å². The van der Waals surface area contributed by atoms with Gasteiger partial charge in [-0.3, -0.25) is 0 Å². The second kappa shape index (κ2) is 4.93. The number of ether oxygens (including phenoxy) is 1. The molecule has 1 aromatic carbocycles. The van der Waals surface area contributed by atoms with Gasteiger partial charge in [0.2, 0.25) is 5.88 Å². The monoisotopic (exact) mass is 230 g/mol. The fourth-order valence-corrected chi connectivity index (χ4v) is 1.60. The van der Waals surface area contributed by atoms with Gasteiger partial charge in [-0.15, -0.1) is 10.2 Å². The highest BCUT2D eigenvalue weighted by molar-refractivity contribution is 5.35. The highest BCUT2D eigenvalue weighted by Gasteiger charge is 2.01. The van der Waals surface area contributed by atoms with Gasteiger partial charge < -0.3 is 9.84 Å². The van der Waals surface area contributed by atoms with E-state index in [4.69, 9.17) is 9.84 Å². The van der Waals surface area contributed by atoms with Crippen LogP contribution in [-0.4, -0.2) is 15.3 Å². The molecular formula is C13H14N2O2. The zero-order valence-corrected chi connectivity index (χ0v) is 9.84. The maximum Gasteiger partial charge on any atom is 0.238 e. The Bertz CT molecular complexity index is 489. The summed E-state index contributed by atoms with van der Waals surface area (Å²) in [6, 6.07) is 9.33. The smallest absolute Gasteiger partial charge is 0.238 e. The zero-order valence-electron chi connectivity index (χ0n) is 9.84. The molecule has 0 aliphatic carbocycles. The van der Waals surface area contributed by atoms with Crippen LogP contribution in [-0.2, 0) is 6.61 Å². The molecule has 0 saturated heterocycles. The minimum Gasteiger partial charge on any atom is -0.438 e. The van der Waals surface area contributed by atoms with Crippen LogP contribution in [0.4, 0.5) is 0 Å². The fourth-order valence-electron chi connectivity index (χ4n) is 1.60. The van der Waals surface area contributed by atoms with Crippen molar-refractivity contribution < 1.29 is 9.84 Å². The molecule has 0 fully saturated rings. The topological polar surface area (TPSA) is 55.2 Å². The number of hydrogen-bond acceptors (Lipinski definition) is 4. The molecule has 4 nitrogen and oxygen atoms in total. The molecule has 0 bridgehead atoms. The van der Waals surface area contributed by atoms with Gasteiger partial charge in [0.25, 0.3) is 0 Å². The Morgan fingerprint density at radius 3 is 2.29 bits per heavy atom. The molecule has 0 aliphatic heterocycles. The molecule has 0 unspecified atom stereocenters. The number of benzene rings is 1. The number of rotatable bonds is 3. The van der Waals surface area contributed by atoms with Crippen LogP contribution < -0.4 is 4.74 Å². The quantitative estimate of drug-likeness (QED) is 0.879. The molecule has 1 N–H and O–H groups in total.